The summed E-state index contributed by atoms with van der Waals surface area (Å²) in [6.45, 7) is 7.49. The third-order valence-electron chi connectivity index (χ3n) is 2.76. The van der Waals surface area contributed by atoms with Crippen LogP contribution in [0.3, 0.4) is 0 Å². The van der Waals surface area contributed by atoms with E-state index in [9.17, 15) is 0 Å². The van der Waals surface area contributed by atoms with E-state index in [0.717, 1.165) is 6.54 Å². The van der Waals surface area contributed by atoms with Crippen LogP contribution in [-0.2, 0) is 6.54 Å². The fourth-order valence-electron chi connectivity index (χ4n) is 1.77. The van der Waals surface area contributed by atoms with Crippen LogP contribution in [0.2, 0.25) is 0 Å². The van der Waals surface area contributed by atoms with Crippen molar-refractivity contribution >= 4 is 23.7 Å². The molecule has 1 heterocycles. The van der Waals surface area contributed by atoms with Crippen LogP contribution in [-0.4, -0.2) is 6.04 Å². The molecule has 0 aliphatic rings. The summed E-state index contributed by atoms with van der Waals surface area (Å²) in [4.78, 5) is 2.76. The minimum atomic E-state index is 0. The molecule has 0 fully saturated rings. The number of thiophene rings is 1. The Balaban J connectivity index is 0.00000162. The Morgan fingerprint density at radius 3 is 2.50 bits per heavy atom. The number of rotatable bonds is 4. The Hall–Kier alpha value is -0.830. The molecule has 0 amide bonds. The summed E-state index contributed by atoms with van der Waals surface area (Å²) in [5.41, 5.74) is 2.70. The van der Waals surface area contributed by atoms with Crippen molar-refractivity contribution < 1.29 is 0 Å². The molecule has 18 heavy (non-hydrogen) atoms. The lowest BCUT2D eigenvalue weighted by Crippen LogP contribution is -2.21. The Labute approximate surface area is 120 Å². The molecule has 1 nitrogen and oxygen atoms in total. The van der Waals surface area contributed by atoms with E-state index in [2.05, 4.69) is 62.5 Å². The molecule has 0 saturated heterocycles. The number of benzene rings is 1. The van der Waals surface area contributed by atoms with E-state index in [-0.39, 0.29) is 12.4 Å². The van der Waals surface area contributed by atoms with Crippen LogP contribution in [0.5, 0.6) is 0 Å². The molecule has 0 radical (unpaired) electrons. The zero-order valence-corrected chi connectivity index (χ0v) is 12.7. The predicted octanol–water partition coefficient (Wildman–Crippen LogP) is 4.64. The summed E-state index contributed by atoms with van der Waals surface area (Å²) in [5, 5.41) is 3.45. The van der Waals surface area contributed by atoms with Crippen molar-refractivity contribution in [3.05, 3.63) is 46.8 Å². The van der Waals surface area contributed by atoms with Gasteiger partial charge >= 0.3 is 0 Å². The maximum absolute atomic E-state index is 3.45. The van der Waals surface area contributed by atoms with E-state index in [1.54, 1.807) is 0 Å². The normalized spacial score (nSPS) is 10.4. The second-order valence-corrected chi connectivity index (χ2v) is 5.78. The van der Waals surface area contributed by atoms with Gasteiger partial charge in [-0.05, 0) is 30.2 Å². The molecule has 98 valence electrons. The molecule has 1 aromatic carbocycles. The van der Waals surface area contributed by atoms with Crippen LogP contribution < -0.4 is 5.32 Å². The Morgan fingerprint density at radius 1 is 1.11 bits per heavy atom. The third-order valence-corrected chi connectivity index (χ3v) is 3.88. The number of nitrogens with one attached hydrogen (secondary N) is 1. The molecule has 0 spiro atoms. The van der Waals surface area contributed by atoms with E-state index < -0.39 is 0 Å². The van der Waals surface area contributed by atoms with Crippen LogP contribution in [0.25, 0.3) is 10.4 Å². The summed E-state index contributed by atoms with van der Waals surface area (Å²) in [6.07, 6.45) is 0. The number of halogens is 1. The largest absolute Gasteiger partial charge is 0.310 e. The first kappa shape index (κ1) is 15.2. The van der Waals surface area contributed by atoms with Gasteiger partial charge in [-0.1, -0.05) is 38.1 Å². The standard InChI is InChI=1S/C15H19NS.ClH/c1-11(2)16-10-13-8-9-15(17-13)14-7-5-4-6-12(14)3;/h4-9,11,16H,10H2,1-3H3;1H. The van der Waals surface area contributed by atoms with E-state index in [4.69, 9.17) is 0 Å². The zero-order valence-electron chi connectivity index (χ0n) is 11.1. The van der Waals surface area contributed by atoms with Gasteiger partial charge in [-0.2, -0.15) is 0 Å². The minimum Gasteiger partial charge on any atom is -0.310 e. The fraction of sp³-hybridized carbons (Fsp3) is 0.333. The van der Waals surface area contributed by atoms with Gasteiger partial charge in [-0.3, -0.25) is 0 Å². The molecule has 0 bridgehead atoms. The highest BCUT2D eigenvalue weighted by Crippen LogP contribution is 2.30. The molecule has 0 saturated carbocycles. The molecule has 0 atom stereocenters. The lowest BCUT2D eigenvalue weighted by atomic mass is 10.1. The van der Waals surface area contributed by atoms with Gasteiger partial charge in [0.15, 0.2) is 0 Å². The molecule has 0 aliphatic heterocycles. The highest BCUT2D eigenvalue weighted by molar-refractivity contribution is 7.15. The summed E-state index contributed by atoms with van der Waals surface area (Å²) in [7, 11) is 0. The van der Waals surface area contributed by atoms with Crippen LogP contribution in [0.1, 0.15) is 24.3 Å². The van der Waals surface area contributed by atoms with Gasteiger partial charge in [0.2, 0.25) is 0 Å². The van der Waals surface area contributed by atoms with Gasteiger partial charge in [-0.15, -0.1) is 23.7 Å². The molecule has 1 N–H and O–H groups in total. The highest BCUT2D eigenvalue weighted by atomic mass is 35.5. The summed E-state index contributed by atoms with van der Waals surface area (Å²) >= 11 is 1.88. The SMILES string of the molecule is Cc1ccccc1-c1ccc(CNC(C)C)s1.Cl. The molecule has 2 rings (SSSR count). The van der Waals surface area contributed by atoms with Gasteiger partial charge in [0.1, 0.15) is 0 Å². The first-order chi connectivity index (χ1) is 8.16. The molecule has 1 aromatic heterocycles. The quantitative estimate of drug-likeness (QED) is 0.861. The molecular formula is C15H20ClNS. The van der Waals surface area contributed by atoms with Crippen molar-refractivity contribution in [1.82, 2.24) is 5.32 Å². The molecule has 0 unspecified atom stereocenters. The Bertz CT molecular complexity index is 491. The average molecular weight is 282 g/mol. The molecular weight excluding hydrogens is 262 g/mol. The summed E-state index contributed by atoms with van der Waals surface area (Å²) in [5.74, 6) is 0. The minimum absolute atomic E-state index is 0. The van der Waals surface area contributed by atoms with Gasteiger partial charge in [-0.25, -0.2) is 0 Å². The topological polar surface area (TPSA) is 12.0 Å². The van der Waals surface area contributed by atoms with Crippen LogP contribution in [0.4, 0.5) is 0 Å². The van der Waals surface area contributed by atoms with Crippen LogP contribution >= 0.6 is 23.7 Å². The van der Waals surface area contributed by atoms with Crippen molar-refractivity contribution in [2.75, 3.05) is 0 Å². The fourth-order valence-corrected chi connectivity index (χ4v) is 2.82. The van der Waals surface area contributed by atoms with Crippen LogP contribution in [0, 0.1) is 6.92 Å². The van der Waals surface area contributed by atoms with Gasteiger partial charge in [0.25, 0.3) is 0 Å². The lowest BCUT2D eigenvalue weighted by molar-refractivity contribution is 0.593. The summed E-state index contributed by atoms with van der Waals surface area (Å²) < 4.78 is 0. The second-order valence-electron chi connectivity index (χ2n) is 4.62. The van der Waals surface area contributed by atoms with Gasteiger partial charge in [0.05, 0.1) is 0 Å². The maximum atomic E-state index is 3.45. The van der Waals surface area contributed by atoms with E-state index in [0.29, 0.717) is 6.04 Å². The van der Waals surface area contributed by atoms with Crippen LogP contribution in [0.15, 0.2) is 36.4 Å². The maximum Gasteiger partial charge on any atom is 0.0348 e. The number of aryl methyl sites for hydroxylation is 1. The van der Waals surface area contributed by atoms with E-state index in [1.165, 1.54) is 20.9 Å². The monoisotopic (exact) mass is 281 g/mol. The first-order valence-electron chi connectivity index (χ1n) is 6.05. The first-order valence-corrected chi connectivity index (χ1v) is 6.86. The number of hydrogen-bond acceptors (Lipinski definition) is 2. The number of hydrogen-bond donors (Lipinski definition) is 1. The van der Waals surface area contributed by atoms with E-state index in [1.807, 2.05) is 11.3 Å². The smallest absolute Gasteiger partial charge is 0.0348 e. The van der Waals surface area contributed by atoms with Crippen molar-refractivity contribution in [2.45, 2.75) is 33.4 Å². The molecule has 3 heteroatoms. The predicted molar refractivity (Wildman–Crippen MR) is 83.7 cm³/mol. The van der Waals surface area contributed by atoms with E-state index >= 15 is 0 Å². The lowest BCUT2D eigenvalue weighted by Gasteiger charge is -2.05. The van der Waals surface area contributed by atoms with Crippen molar-refractivity contribution in [3.63, 3.8) is 0 Å². The van der Waals surface area contributed by atoms with Crippen molar-refractivity contribution in [2.24, 2.45) is 0 Å². The van der Waals surface area contributed by atoms with Crippen molar-refractivity contribution in [1.29, 1.82) is 0 Å². The van der Waals surface area contributed by atoms with Gasteiger partial charge in [0, 0.05) is 22.3 Å². The third kappa shape index (κ3) is 3.84. The molecule has 0 aliphatic carbocycles. The average Bonchev–Trinajstić information content (AvgIpc) is 2.75. The Kier molecular flexibility index (Phi) is 5.86. The van der Waals surface area contributed by atoms with Crippen molar-refractivity contribution in [3.8, 4) is 10.4 Å². The second kappa shape index (κ2) is 6.93. The summed E-state index contributed by atoms with van der Waals surface area (Å²) in [6, 6.07) is 13.6. The Morgan fingerprint density at radius 2 is 1.83 bits per heavy atom. The highest BCUT2D eigenvalue weighted by Gasteiger charge is 2.05. The van der Waals surface area contributed by atoms with Gasteiger partial charge < -0.3 is 5.32 Å². The molecule has 2 aromatic rings. The zero-order chi connectivity index (χ0) is 12.3.